The SMILES string of the molecule is COc1cc2c(cc1OC)CN(C[C@H]1CC=CCC1)CC2. The van der Waals surface area contributed by atoms with Crippen LogP contribution in [0.5, 0.6) is 11.5 Å². The van der Waals surface area contributed by atoms with E-state index in [-0.39, 0.29) is 0 Å². The molecule has 21 heavy (non-hydrogen) atoms. The molecule has 1 aliphatic heterocycles. The molecular weight excluding hydrogens is 262 g/mol. The fourth-order valence-electron chi connectivity index (χ4n) is 3.48. The molecule has 1 aliphatic carbocycles. The number of nitrogens with zero attached hydrogens (tertiary/aromatic N) is 1. The zero-order valence-corrected chi connectivity index (χ0v) is 13.1. The van der Waals surface area contributed by atoms with Gasteiger partial charge in [0.15, 0.2) is 11.5 Å². The minimum atomic E-state index is 0.830. The van der Waals surface area contributed by atoms with Crippen LogP contribution in [0.25, 0.3) is 0 Å². The van der Waals surface area contributed by atoms with Crippen LogP contribution in [-0.2, 0) is 13.0 Å². The van der Waals surface area contributed by atoms with Crippen LogP contribution < -0.4 is 9.47 Å². The maximum atomic E-state index is 5.43. The topological polar surface area (TPSA) is 21.7 Å². The average molecular weight is 287 g/mol. The molecule has 0 saturated heterocycles. The summed E-state index contributed by atoms with van der Waals surface area (Å²) in [5, 5.41) is 0. The quantitative estimate of drug-likeness (QED) is 0.792. The number of benzene rings is 1. The van der Waals surface area contributed by atoms with Gasteiger partial charge in [-0.3, -0.25) is 4.90 Å². The van der Waals surface area contributed by atoms with Crippen molar-refractivity contribution < 1.29 is 9.47 Å². The highest BCUT2D eigenvalue weighted by Crippen LogP contribution is 2.33. The second kappa shape index (κ2) is 6.52. The summed E-state index contributed by atoms with van der Waals surface area (Å²) in [6.45, 7) is 3.41. The van der Waals surface area contributed by atoms with Crippen LogP contribution in [0.15, 0.2) is 24.3 Å². The van der Waals surface area contributed by atoms with Gasteiger partial charge in [-0.25, -0.2) is 0 Å². The second-order valence-electron chi connectivity index (χ2n) is 6.11. The summed E-state index contributed by atoms with van der Waals surface area (Å²) in [7, 11) is 3.41. The van der Waals surface area contributed by atoms with Crippen LogP contribution in [0, 0.1) is 5.92 Å². The Morgan fingerprint density at radius 3 is 2.52 bits per heavy atom. The van der Waals surface area contributed by atoms with E-state index < -0.39 is 0 Å². The summed E-state index contributed by atoms with van der Waals surface area (Å²) in [6, 6.07) is 4.30. The lowest BCUT2D eigenvalue weighted by atomic mass is 9.92. The van der Waals surface area contributed by atoms with Crippen LogP contribution in [0.4, 0.5) is 0 Å². The van der Waals surface area contributed by atoms with Crippen molar-refractivity contribution in [1.29, 1.82) is 0 Å². The van der Waals surface area contributed by atoms with Gasteiger partial charge in [0.1, 0.15) is 0 Å². The van der Waals surface area contributed by atoms with E-state index in [1.165, 1.54) is 36.9 Å². The van der Waals surface area contributed by atoms with Crippen molar-refractivity contribution in [2.24, 2.45) is 5.92 Å². The highest BCUT2D eigenvalue weighted by molar-refractivity contribution is 5.48. The van der Waals surface area contributed by atoms with Crippen LogP contribution in [0.1, 0.15) is 30.4 Å². The van der Waals surface area contributed by atoms with Crippen molar-refractivity contribution in [3.8, 4) is 11.5 Å². The fraction of sp³-hybridized carbons (Fsp3) is 0.556. The number of methoxy groups -OCH3 is 2. The molecule has 0 fully saturated rings. The van der Waals surface area contributed by atoms with Gasteiger partial charge in [0, 0.05) is 19.6 Å². The molecule has 0 N–H and O–H groups in total. The Labute approximate surface area is 127 Å². The molecule has 114 valence electrons. The Kier molecular flexibility index (Phi) is 4.49. The third-order valence-corrected chi connectivity index (χ3v) is 4.69. The maximum absolute atomic E-state index is 5.43. The van der Waals surface area contributed by atoms with E-state index >= 15 is 0 Å². The molecule has 1 aromatic carbocycles. The van der Waals surface area contributed by atoms with Crippen molar-refractivity contribution in [3.63, 3.8) is 0 Å². The van der Waals surface area contributed by atoms with E-state index in [1.54, 1.807) is 14.2 Å². The van der Waals surface area contributed by atoms with Crippen molar-refractivity contribution in [3.05, 3.63) is 35.4 Å². The third-order valence-electron chi connectivity index (χ3n) is 4.69. The van der Waals surface area contributed by atoms with E-state index in [0.29, 0.717) is 0 Å². The summed E-state index contributed by atoms with van der Waals surface area (Å²) >= 11 is 0. The Morgan fingerprint density at radius 2 is 1.86 bits per heavy atom. The second-order valence-corrected chi connectivity index (χ2v) is 6.11. The normalized spacial score (nSPS) is 21.9. The van der Waals surface area contributed by atoms with E-state index in [0.717, 1.165) is 36.9 Å². The zero-order chi connectivity index (χ0) is 14.7. The van der Waals surface area contributed by atoms with Crippen molar-refractivity contribution in [1.82, 2.24) is 4.90 Å². The van der Waals surface area contributed by atoms with Gasteiger partial charge >= 0.3 is 0 Å². The van der Waals surface area contributed by atoms with E-state index in [9.17, 15) is 0 Å². The van der Waals surface area contributed by atoms with Gasteiger partial charge in [-0.1, -0.05) is 12.2 Å². The summed E-state index contributed by atoms with van der Waals surface area (Å²) in [6.07, 6.45) is 9.61. The standard InChI is InChI=1S/C18H25NO2/c1-20-17-10-15-8-9-19(12-14-6-4-3-5-7-14)13-16(15)11-18(17)21-2/h3-4,10-11,14H,5-9,12-13H2,1-2H3/t14-/m0/s1. The smallest absolute Gasteiger partial charge is 0.161 e. The van der Waals surface area contributed by atoms with Gasteiger partial charge in [0.25, 0.3) is 0 Å². The Hall–Kier alpha value is -1.48. The minimum Gasteiger partial charge on any atom is -0.493 e. The molecule has 0 radical (unpaired) electrons. The Balaban J connectivity index is 1.71. The fourth-order valence-corrected chi connectivity index (χ4v) is 3.48. The Morgan fingerprint density at radius 1 is 1.10 bits per heavy atom. The van der Waals surface area contributed by atoms with Crippen molar-refractivity contribution in [2.45, 2.75) is 32.2 Å². The molecule has 0 spiro atoms. The van der Waals surface area contributed by atoms with Gasteiger partial charge in [0.05, 0.1) is 14.2 Å². The van der Waals surface area contributed by atoms with E-state index in [2.05, 4.69) is 29.2 Å². The lowest BCUT2D eigenvalue weighted by Crippen LogP contribution is -2.34. The van der Waals surface area contributed by atoms with E-state index in [1.807, 2.05) is 0 Å². The monoisotopic (exact) mass is 287 g/mol. The predicted molar refractivity (Wildman–Crippen MR) is 85.0 cm³/mol. The lowest BCUT2D eigenvalue weighted by Gasteiger charge is -2.32. The molecule has 1 aromatic rings. The molecule has 0 bridgehead atoms. The molecule has 2 aliphatic rings. The molecule has 0 unspecified atom stereocenters. The summed E-state index contributed by atoms with van der Waals surface area (Å²) in [5.74, 6) is 2.53. The van der Waals surface area contributed by atoms with Crippen LogP contribution >= 0.6 is 0 Å². The highest BCUT2D eigenvalue weighted by Gasteiger charge is 2.22. The number of rotatable bonds is 4. The first-order valence-corrected chi connectivity index (χ1v) is 7.91. The van der Waals surface area contributed by atoms with Gasteiger partial charge in [-0.15, -0.1) is 0 Å². The zero-order valence-electron chi connectivity index (χ0n) is 13.1. The van der Waals surface area contributed by atoms with Crippen molar-refractivity contribution >= 4 is 0 Å². The van der Waals surface area contributed by atoms with Crippen LogP contribution in [-0.4, -0.2) is 32.2 Å². The van der Waals surface area contributed by atoms with Crippen LogP contribution in [0.3, 0.4) is 0 Å². The molecular formula is C18H25NO2. The number of allylic oxidation sites excluding steroid dienone is 2. The first-order valence-electron chi connectivity index (χ1n) is 7.91. The molecule has 0 saturated carbocycles. The largest absolute Gasteiger partial charge is 0.493 e. The molecule has 0 amide bonds. The molecule has 1 atom stereocenters. The number of ether oxygens (including phenoxy) is 2. The van der Waals surface area contributed by atoms with Gasteiger partial charge in [0.2, 0.25) is 0 Å². The number of hydrogen-bond acceptors (Lipinski definition) is 3. The highest BCUT2D eigenvalue weighted by atomic mass is 16.5. The number of hydrogen-bond donors (Lipinski definition) is 0. The minimum absolute atomic E-state index is 0.830. The van der Waals surface area contributed by atoms with Gasteiger partial charge in [-0.2, -0.15) is 0 Å². The van der Waals surface area contributed by atoms with Gasteiger partial charge in [-0.05, 0) is 54.9 Å². The predicted octanol–water partition coefficient (Wildman–Crippen LogP) is 3.42. The Bertz CT molecular complexity index is 524. The molecule has 0 aromatic heterocycles. The molecule has 1 heterocycles. The van der Waals surface area contributed by atoms with Gasteiger partial charge < -0.3 is 9.47 Å². The van der Waals surface area contributed by atoms with Crippen LogP contribution in [0.2, 0.25) is 0 Å². The molecule has 3 nitrogen and oxygen atoms in total. The molecule has 3 rings (SSSR count). The maximum Gasteiger partial charge on any atom is 0.161 e. The first-order chi connectivity index (χ1) is 10.3. The van der Waals surface area contributed by atoms with Crippen molar-refractivity contribution in [2.75, 3.05) is 27.3 Å². The summed E-state index contributed by atoms with van der Waals surface area (Å²) in [4.78, 5) is 2.60. The molecule has 3 heteroatoms. The first kappa shape index (κ1) is 14.5. The summed E-state index contributed by atoms with van der Waals surface area (Å²) in [5.41, 5.74) is 2.80. The average Bonchev–Trinajstić information content (AvgIpc) is 2.54. The lowest BCUT2D eigenvalue weighted by molar-refractivity contribution is 0.206. The van der Waals surface area contributed by atoms with E-state index in [4.69, 9.17) is 9.47 Å². The number of fused-ring (bicyclic) bond motifs is 1. The third kappa shape index (κ3) is 3.24. The summed E-state index contributed by atoms with van der Waals surface area (Å²) < 4.78 is 10.8.